The van der Waals surface area contributed by atoms with E-state index in [9.17, 15) is 9.59 Å². The van der Waals surface area contributed by atoms with Crippen molar-refractivity contribution in [3.63, 3.8) is 0 Å². The zero-order valence-corrected chi connectivity index (χ0v) is 9.35. The van der Waals surface area contributed by atoms with Crippen molar-refractivity contribution in [2.24, 2.45) is 5.41 Å². The van der Waals surface area contributed by atoms with Crippen molar-refractivity contribution in [1.82, 2.24) is 9.13 Å². The van der Waals surface area contributed by atoms with Gasteiger partial charge in [-0.25, -0.2) is 4.79 Å². The van der Waals surface area contributed by atoms with Crippen LogP contribution in [0.25, 0.3) is 0 Å². The monoisotopic (exact) mass is 224 g/mol. The Hall–Kier alpha value is -1.52. The Labute approximate surface area is 93.3 Å². The van der Waals surface area contributed by atoms with E-state index in [1.807, 2.05) is 6.92 Å². The van der Waals surface area contributed by atoms with E-state index in [0.717, 1.165) is 12.8 Å². The van der Waals surface area contributed by atoms with Crippen molar-refractivity contribution in [2.75, 3.05) is 0 Å². The van der Waals surface area contributed by atoms with E-state index in [1.165, 1.54) is 0 Å². The van der Waals surface area contributed by atoms with Crippen LogP contribution in [0.3, 0.4) is 0 Å². The van der Waals surface area contributed by atoms with Gasteiger partial charge in [-0.05, 0) is 25.2 Å². The molecule has 1 heterocycles. The van der Waals surface area contributed by atoms with Gasteiger partial charge in [0.25, 0.3) is 0 Å². The molecule has 1 aliphatic carbocycles. The maximum atomic E-state index is 11.8. The van der Waals surface area contributed by atoms with Crippen molar-refractivity contribution in [3.05, 3.63) is 22.9 Å². The standard InChI is InChI=1S/C11H16N2O3/c1-2-12-5-6-13(10(12)16)8-11(3-4-11)7-9(14)15/h5-6H,2-4,7-8H2,1H3,(H,14,15). The summed E-state index contributed by atoms with van der Waals surface area (Å²) in [5.41, 5.74) is -0.213. The molecule has 16 heavy (non-hydrogen) atoms. The van der Waals surface area contributed by atoms with Crippen LogP contribution < -0.4 is 5.69 Å². The van der Waals surface area contributed by atoms with Crippen LogP contribution in [0, 0.1) is 5.41 Å². The molecule has 0 radical (unpaired) electrons. The fourth-order valence-corrected chi connectivity index (χ4v) is 2.06. The third-order valence-electron chi connectivity index (χ3n) is 3.25. The Morgan fingerprint density at radius 2 is 2.06 bits per heavy atom. The Kier molecular flexibility index (Phi) is 2.61. The van der Waals surface area contributed by atoms with Crippen LogP contribution in [-0.4, -0.2) is 20.2 Å². The molecular formula is C11H16N2O3. The Bertz CT molecular complexity index is 454. The van der Waals surface area contributed by atoms with Crippen LogP contribution in [0.5, 0.6) is 0 Å². The number of hydrogen-bond donors (Lipinski definition) is 1. The first-order valence-electron chi connectivity index (χ1n) is 5.54. The topological polar surface area (TPSA) is 64.2 Å². The first kappa shape index (κ1) is 11.0. The predicted molar refractivity (Wildman–Crippen MR) is 58.3 cm³/mol. The van der Waals surface area contributed by atoms with Crippen molar-refractivity contribution in [1.29, 1.82) is 0 Å². The van der Waals surface area contributed by atoms with Crippen molar-refractivity contribution in [3.8, 4) is 0 Å². The molecule has 2 rings (SSSR count). The molecule has 1 fully saturated rings. The zero-order valence-electron chi connectivity index (χ0n) is 9.35. The van der Waals surface area contributed by atoms with Gasteiger partial charge in [-0.2, -0.15) is 0 Å². The van der Waals surface area contributed by atoms with Crippen molar-refractivity contribution < 1.29 is 9.90 Å². The molecule has 0 amide bonds. The molecule has 1 saturated carbocycles. The molecule has 5 nitrogen and oxygen atoms in total. The number of aryl methyl sites for hydroxylation is 1. The van der Waals surface area contributed by atoms with Crippen LogP contribution in [-0.2, 0) is 17.9 Å². The molecule has 1 aliphatic rings. The minimum absolute atomic E-state index is 0.0424. The van der Waals surface area contributed by atoms with Crippen LogP contribution in [0.2, 0.25) is 0 Å². The van der Waals surface area contributed by atoms with E-state index in [-0.39, 0.29) is 17.5 Å². The maximum Gasteiger partial charge on any atom is 0.328 e. The summed E-state index contributed by atoms with van der Waals surface area (Å²) < 4.78 is 3.25. The summed E-state index contributed by atoms with van der Waals surface area (Å²) in [6.07, 6.45) is 5.47. The average Bonchev–Trinajstić information content (AvgIpc) is 2.86. The first-order valence-corrected chi connectivity index (χ1v) is 5.54. The maximum absolute atomic E-state index is 11.8. The third kappa shape index (κ3) is 2.03. The number of rotatable bonds is 5. The average molecular weight is 224 g/mol. The molecule has 0 bridgehead atoms. The number of carbonyl (C=O) groups is 1. The highest BCUT2D eigenvalue weighted by Gasteiger charge is 2.44. The minimum Gasteiger partial charge on any atom is -0.481 e. The van der Waals surface area contributed by atoms with Crippen LogP contribution in [0.15, 0.2) is 17.2 Å². The van der Waals surface area contributed by atoms with Crippen molar-refractivity contribution >= 4 is 5.97 Å². The van der Waals surface area contributed by atoms with Gasteiger partial charge in [-0.3, -0.25) is 13.9 Å². The van der Waals surface area contributed by atoms with E-state index >= 15 is 0 Å². The van der Waals surface area contributed by atoms with Gasteiger partial charge in [-0.15, -0.1) is 0 Å². The molecule has 88 valence electrons. The van der Waals surface area contributed by atoms with Gasteiger partial charge in [0.1, 0.15) is 0 Å². The zero-order chi connectivity index (χ0) is 11.8. The highest BCUT2D eigenvalue weighted by molar-refractivity contribution is 5.68. The molecule has 0 aromatic carbocycles. The quantitative estimate of drug-likeness (QED) is 0.809. The Morgan fingerprint density at radius 3 is 2.50 bits per heavy atom. The third-order valence-corrected chi connectivity index (χ3v) is 3.25. The lowest BCUT2D eigenvalue weighted by molar-refractivity contribution is -0.138. The first-order chi connectivity index (χ1) is 7.56. The fraction of sp³-hybridized carbons (Fsp3) is 0.636. The lowest BCUT2D eigenvalue weighted by Gasteiger charge is -2.12. The summed E-state index contributed by atoms with van der Waals surface area (Å²) in [5, 5.41) is 8.80. The van der Waals surface area contributed by atoms with E-state index in [0.29, 0.717) is 13.1 Å². The van der Waals surface area contributed by atoms with Gasteiger partial charge in [0.05, 0.1) is 6.42 Å². The SMILES string of the molecule is CCn1ccn(CC2(CC(=O)O)CC2)c1=O. The molecule has 0 aliphatic heterocycles. The van der Waals surface area contributed by atoms with Crippen LogP contribution in [0.1, 0.15) is 26.2 Å². The molecule has 0 saturated heterocycles. The number of hydrogen-bond acceptors (Lipinski definition) is 2. The van der Waals surface area contributed by atoms with E-state index in [2.05, 4.69) is 0 Å². The van der Waals surface area contributed by atoms with Gasteiger partial charge in [-0.1, -0.05) is 0 Å². The Morgan fingerprint density at radius 1 is 1.44 bits per heavy atom. The summed E-state index contributed by atoms with van der Waals surface area (Å²) in [6, 6.07) is 0. The number of carboxylic acid groups (broad SMARTS) is 1. The van der Waals surface area contributed by atoms with Crippen LogP contribution in [0.4, 0.5) is 0 Å². The van der Waals surface area contributed by atoms with Gasteiger partial charge >= 0.3 is 11.7 Å². The molecule has 0 atom stereocenters. The van der Waals surface area contributed by atoms with Crippen molar-refractivity contribution in [2.45, 2.75) is 39.3 Å². The number of carboxylic acids is 1. The molecular weight excluding hydrogens is 208 g/mol. The summed E-state index contributed by atoms with van der Waals surface area (Å²) >= 11 is 0. The Balaban J connectivity index is 2.12. The highest BCUT2D eigenvalue weighted by atomic mass is 16.4. The normalized spacial score (nSPS) is 17.3. The fourth-order valence-electron chi connectivity index (χ4n) is 2.06. The number of aliphatic carboxylic acids is 1. The molecule has 1 aromatic rings. The predicted octanol–water partition coefficient (Wildman–Crippen LogP) is 0.925. The van der Waals surface area contributed by atoms with Gasteiger partial charge in [0, 0.05) is 25.5 Å². The number of aromatic nitrogens is 2. The van der Waals surface area contributed by atoms with E-state index in [1.54, 1.807) is 21.5 Å². The second-order valence-corrected chi connectivity index (χ2v) is 4.57. The minimum atomic E-state index is -0.777. The lowest BCUT2D eigenvalue weighted by atomic mass is 10.0. The molecule has 5 heteroatoms. The summed E-state index contributed by atoms with van der Waals surface area (Å²) in [6.45, 7) is 3.10. The lowest BCUT2D eigenvalue weighted by Crippen LogP contribution is -2.27. The second kappa shape index (κ2) is 3.81. The van der Waals surface area contributed by atoms with Gasteiger partial charge in [0.15, 0.2) is 0 Å². The second-order valence-electron chi connectivity index (χ2n) is 4.57. The molecule has 0 unspecified atom stereocenters. The molecule has 1 N–H and O–H groups in total. The van der Waals surface area contributed by atoms with E-state index < -0.39 is 5.97 Å². The van der Waals surface area contributed by atoms with Gasteiger partial charge < -0.3 is 5.11 Å². The summed E-state index contributed by atoms with van der Waals surface area (Å²) in [7, 11) is 0. The number of nitrogens with zero attached hydrogens (tertiary/aromatic N) is 2. The summed E-state index contributed by atoms with van der Waals surface area (Å²) in [4.78, 5) is 22.5. The van der Waals surface area contributed by atoms with E-state index in [4.69, 9.17) is 5.11 Å². The largest absolute Gasteiger partial charge is 0.481 e. The smallest absolute Gasteiger partial charge is 0.328 e. The highest BCUT2D eigenvalue weighted by Crippen LogP contribution is 2.49. The molecule has 1 aromatic heterocycles. The number of imidazole rings is 1. The van der Waals surface area contributed by atoms with Gasteiger partial charge in [0.2, 0.25) is 0 Å². The van der Waals surface area contributed by atoms with Crippen LogP contribution >= 0.6 is 0 Å². The molecule has 0 spiro atoms. The summed E-state index contributed by atoms with van der Waals surface area (Å²) in [5.74, 6) is -0.777.